The van der Waals surface area contributed by atoms with Gasteiger partial charge in [0.15, 0.2) is 17.2 Å². The average Bonchev–Trinajstić information content (AvgIpc) is 3.49. The molecule has 9 heteroatoms. The molecule has 0 spiro atoms. The molecule has 5 rings (SSSR count). The molecule has 0 saturated carbocycles. The number of hydrogen-bond donors (Lipinski definition) is 2. The molecule has 3 aromatic rings. The molecule has 0 aliphatic carbocycles. The third kappa shape index (κ3) is 4.34. The van der Waals surface area contributed by atoms with E-state index in [2.05, 4.69) is 15.5 Å². The molecule has 33 heavy (non-hydrogen) atoms. The van der Waals surface area contributed by atoms with Gasteiger partial charge in [-0.15, -0.1) is 0 Å². The number of carbonyl (C=O) groups is 2. The van der Waals surface area contributed by atoms with Gasteiger partial charge in [-0.2, -0.15) is 5.10 Å². The second-order valence-electron chi connectivity index (χ2n) is 7.99. The van der Waals surface area contributed by atoms with Gasteiger partial charge in [0.2, 0.25) is 12.7 Å². The number of H-pyrrole nitrogens is 1. The molecule has 0 atom stereocenters. The fraction of sp³-hybridized carbons (Fsp3) is 0.292. The van der Waals surface area contributed by atoms with Crippen LogP contribution in [0.25, 0.3) is 0 Å². The van der Waals surface area contributed by atoms with E-state index < -0.39 is 0 Å². The number of nitrogens with one attached hydrogen (secondary N) is 2. The van der Waals surface area contributed by atoms with Crippen molar-refractivity contribution in [1.29, 1.82) is 0 Å². The van der Waals surface area contributed by atoms with Gasteiger partial charge in [0, 0.05) is 37.3 Å². The van der Waals surface area contributed by atoms with Gasteiger partial charge in [-0.3, -0.25) is 14.7 Å². The van der Waals surface area contributed by atoms with E-state index >= 15 is 0 Å². The smallest absolute Gasteiger partial charge is 0.272 e. The predicted molar refractivity (Wildman–Crippen MR) is 118 cm³/mol. The molecule has 0 fully saturated rings. The molecule has 3 heterocycles. The van der Waals surface area contributed by atoms with Gasteiger partial charge in [-0.1, -0.05) is 18.2 Å². The number of aromatic nitrogens is 2. The van der Waals surface area contributed by atoms with Crippen molar-refractivity contribution >= 4 is 11.8 Å². The lowest BCUT2D eigenvalue weighted by Gasteiger charge is -2.27. The summed E-state index contributed by atoms with van der Waals surface area (Å²) in [5.74, 6) is 1.85. The van der Waals surface area contributed by atoms with Crippen molar-refractivity contribution in [2.75, 3.05) is 20.4 Å². The fourth-order valence-corrected chi connectivity index (χ4v) is 4.04. The first-order valence-corrected chi connectivity index (χ1v) is 10.7. The minimum Gasteiger partial charge on any atom is -0.497 e. The van der Waals surface area contributed by atoms with Crippen LogP contribution in [0.1, 0.15) is 32.9 Å². The molecular weight excluding hydrogens is 424 g/mol. The Morgan fingerprint density at radius 2 is 1.91 bits per heavy atom. The number of nitrogens with zero attached hydrogens (tertiary/aromatic N) is 2. The molecule has 2 aromatic carbocycles. The van der Waals surface area contributed by atoms with E-state index in [-0.39, 0.29) is 18.6 Å². The van der Waals surface area contributed by atoms with Crippen LogP contribution < -0.4 is 19.5 Å². The molecule has 0 saturated heterocycles. The van der Waals surface area contributed by atoms with Crippen LogP contribution in [0.3, 0.4) is 0 Å². The monoisotopic (exact) mass is 448 g/mol. The zero-order chi connectivity index (χ0) is 22.8. The third-order valence-electron chi connectivity index (χ3n) is 5.91. The summed E-state index contributed by atoms with van der Waals surface area (Å²) >= 11 is 0. The molecule has 170 valence electrons. The first-order chi connectivity index (χ1) is 16.1. The number of benzene rings is 2. The number of methoxy groups -OCH3 is 1. The molecule has 2 aliphatic rings. The van der Waals surface area contributed by atoms with Crippen molar-refractivity contribution in [3.63, 3.8) is 0 Å². The minimum absolute atomic E-state index is 0.0127. The maximum Gasteiger partial charge on any atom is 0.272 e. The third-order valence-corrected chi connectivity index (χ3v) is 5.91. The van der Waals surface area contributed by atoms with Gasteiger partial charge in [-0.25, -0.2) is 0 Å². The lowest BCUT2D eigenvalue weighted by atomic mass is 10.0. The summed E-state index contributed by atoms with van der Waals surface area (Å²) in [7, 11) is 1.61. The molecule has 9 nitrogen and oxygen atoms in total. The van der Waals surface area contributed by atoms with Crippen molar-refractivity contribution in [2.45, 2.75) is 25.9 Å². The van der Waals surface area contributed by atoms with Crippen LogP contribution in [0.15, 0.2) is 42.5 Å². The number of hydrogen-bond acceptors (Lipinski definition) is 6. The molecule has 2 N–H and O–H groups in total. The molecular formula is C24H24N4O5. The number of carbonyl (C=O) groups excluding carboxylic acids is 2. The zero-order valence-corrected chi connectivity index (χ0v) is 18.2. The highest BCUT2D eigenvalue weighted by Crippen LogP contribution is 2.32. The lowest BCUT2D eigenvalue weighted by molar-refractivity contribution is -0.131. The minimum atomic E-state index is -0.283. The highest BCUT2D eigenvalue weighted by atomic mass is 16.7. The summed E-state index contributed by atoms with van der Waals surface area (Å²) in [6.45, 7) is 1.48. The van der Waals surface area contributed by atoms with E-state index in [0.29, 0.717) is 49.7 Å². The predicted octanol–water partition coefficient (Wildman–Crippen LogP) is 2.20. The average molecular weight is 448 g/mol. The topological polar surface area (TPSA) is 106 Å². The molecule has 0 radical (unpaired) electrons. The van der Waals surface area contributed by atoms with Gasteiger partial charge < -0.3 is 24.4 Å². The lowest BCUT2D eigenvalue weighted by Crippen LogP contribution is -2.37. The Morgan fingerprint density at radius 3 is 2.73 bits per heavy atom. The molecule has 0 unspecified atom stereocenters. The maximum atomic E-state index is 12.9. The number of rotatable bonds is 6. The van der Waals surface area contributed by atoms with Crippen molar-refractivity contribution in [3.8, 4) is 17.2 Å². The molecule has 0 bridgehead atoms. The van der Waals surface area contributed by atoms with Crippen molar-refractivity contribution in [2.24, 2.45) is 0 Å². The second-order valence-corrected chi connectivity index (χ2v) is 7.99. The van der Waals surface area contributed by atoms with Crippen LogP contribution in [0.4, 0.5) is 0 Å². The Morgan fingerprint density at radius 1 is 1.12 bits per heavy atom. The Bertz CT molecular complexity index is 1190. The highest BCUT2D eigenvalue weighted by molar-refractivity contribution is 5.94. The standard InChI is InChI=1S/C24H24N4O5/c1-31-17-5-2-15(3-6-17)11-22(29)28-9-8-19-18(13-28)23(27-26-19)24(30)25-12-16-4-7-20-21(10-16)33-14-32-20/h2-7,10H,8-9,11-14H2,1H3,(H,25,30)(H,26,27). The van der Waals surface area contributed by atoms with Crippen LogP contribution in [0.5, 0.6) is 17.2 Å². The summed E-state index contributed by atoms with van der Waals surface area (Å²) in [5, 5.41) is 10.1. The largest absolute Gasteiger partial charge is 0.497 e. The van der Waals surface area contributed by atoms with Crippen LogP contribution in [-0.4, -0.2) is 47.4 Å². The summed E-state index contributed by atoms with van der Waals surface area (Å²) in [6.07, 6.45) is 0.926. The zero-order valence-electron chi connectivity index (χ0n) is 18.2. The van der Waals surface area contributed by atoms with E-state index in [4.69, 9.17) is 14.2 Å². The van der Waals surface area contributed by atoms with Crippen molar-refractivity contribution in [1.82, 2.24) is 20.4 Å². The highest BCUT2D eigenvalue weighted by Gasteiger charge is 2.28. The summed E-state index contributed by atoms with van der Waals surface area (Å²) in [5.41, 5.74) is 3.81. The van der Waals surface area contributed by atoms with Crippen molar-refractivity contribution in [3.05, 3.63) is 70.5 Å². The number of ether oxygens (including phenoxy) is 3. The fourth-order valence-electron chi connectivity index (χ4n) is 4.04. The summed E-state index contributed by atoms with van der Waals surface area (Å²) in [4.78, 5) is 27.5. The van der Waals surface area contributed by atoms with E-state index in [1.807, 2.05) is 42.5 Å². The van der Waals surface area contributed by atoms with Crippen LogP contribution in [-0.2, 0) is 30.7 Å². The normalized spacial score (nSPS) is 14.0. The van der Waals surface area contributed by atoms with Gasteiger partial charge in [0.05, 0.1) is 13.5 Å². The van der Waals surface area contributed by atoms with Gasteiger partial charge in [0.1, 0.15) is 5.75 Å². The van der Waals surface area contributed by atoms with E-state index in [1.165, 1.54) is 0 Å². The Labute approximate surface area is 190 Å². The summed E-state index contributed by atoms with van der Waals surface area (Å²) < 4.78 is 15.9. The van der Waals surface area contributed by atoms with E-state index in [1.54, 1.807) is 12.0 Å². The first kappa shape index (κ1) is 20.9. The number of aromatic amines is 1. The van der Waals surface area contributed by atoms with Gasteiger partial charge in [-0.05, 0) is 35.4 Å². The molecule has 1 aromatic heterocycles. The Balaban J connectivity index is 1.22. The van der Waals surface area contributed by atoms with E-state index in [9.17, 15) is 9.59 Å². The SMILES string of the molecule is COc1ccc(CC(=O)N2CCc3[nH]nc(C(=O)NCc4ccc5c(c4)OCO5)c3C2)cc1. The van der Waals surface area contributed by atoms with Crippen molar-refractivity contribution < 1.29 is 23.8 Å². The number of amides is 2. The van der Waals surface area contributed by atoms with Crippen LogP contribution >= 0.6 is 0 Å². The molecule has 2 amide bonds. The second kappa shape index (κ2) is 8.85. The number of fused-ring (bicyclic) bond motifs is 2. The first-order valence-electron chi connectivity index (χ1n) is 10.7. The van der Waals surface area contributed by atoms with Gasteiger partial charge in [0.25, 0.3) is 5.91 Å². The Hall–Kier alpha value is -4.01. The van der Waals surface area contributed by atoms with Crippen LogP contribution in [0, 0.1) is 0 Å². The quantitative estimate of drug-likeness (QED) is 0.599. The Kier molecular flexibility index (Phi) is 5.60. The summed E-state index contributed by atoms with van der Waals surface area (Å²) in [6, 6.07) is 13.0. The molecule has 2 aliphatic heterocycles. The van der Waals surface area contributed by atoms with Crippen LogP contribution in [0.2, 0.25) is 0 Å². The van der Waals surface area contributed by atoms with E-state index in [0.717, 1.165) is 28.1 Å². The van der Waals surface area contributed by atoms with Gasteiger partial charge >= 0.3 is 0 Å². The maximum absolute atomic E-state index is 12.9.